The molecule has 17 heavy (non-hydrogen) atoms. The molecule has 1 aromatic carbocycles. The van der Waals surface area contributed by atoms with E-state index in [0.717, 1.165) is 5.56 Å². The maximum Gasteiger partial charge on any atom is 0.244 e. The lowest BCUT2D eigenvalue weighted by molar-refractivity contribution is 0.486. The molecule has 0 unspecified atom stereocenters. The van der Waals surface area contributed by atoms with Crippen LogP contribution in [0.2, 0.25) is 5.02 Å². The van der Waals surface area contributed by atoms with Gasteiger partial charge in [-0.1, -0.05) is 24.6 Å². The first-order chi connectivity index (χ1) is 7.93. The molecule has 0 aliphatic rings. The quantitative estimate of drug-likeness (QED) is 0.891. The largest absolute Gasteiger partial charge is 0.316 e. The van der Waals surface area contributed by atoms with Gasteiger partial charge in [-0.05, 0) is 24.7 Å². The minimum atomic E-state index is -3.49. The van der Waals surface area contributed by atoms with Crippen LogP contribution < -0.4 is 5.32 Å². The molecule has 0 atom stereocenters. The Hall–Kier alpha value is -0.620. The molecule has 0 heterocycles. The van der Waals surface area contributed by atoms with Crippen LogP contribution in [-0.2, 0) is 16.6 Å². The fourth-order valence-electron chi connectivity index (χ4n) is 1.40. The number of hydrogen-bond acceptors (Lipinski definition) is 3. The highest BCUT2D eigenvalue weighted by Crippen LogP contribution is 2.25. The number of nitrogens with one attached hydrogen (secondary N) is 1. The highest BCUT2D eigenvalue weighted by molar-refractivity contribution is 7.89. The molecule has 0 amide bonds. The van der Waals surface area contributed by atoms with Crippen LogP contribution in [0.3, 0.4) is 0 Å². The molecule has 6 heteroatoms. The van der Waals surface area contributed by atoms with Crippen molar-refractivity contribution >= 4 is 21.6 Å². The summed E-state index contributed by atoms with van der Waals surface area (Å²) in [5.74, 6) is 0. The van der Waals surface area contributed by atoms with Crippen LogP contribution in [0.15, 0.2) is 23.1 Å². The normalized spacial score (nSPS) is 12.1. The van der Waals surface area contributed by atoms with Gasteiger partial charge in [-0.15, -0.1) is 0 Å². The van der Waals surface area contributed by atoms with Crippen molar-refractivity contribution < 1.29 is 8.42 Å². The Morgan fingerprint density at radius 2 is 2.06 bits per heavy atom. The monoisotopic (exact) mass is 276 g/mol. The summed E-state index contributed by atoms with van der Waals surface area (Å²) in [5.41, 5.74) is 0.889. The van der Waals surface area contributed by atoms with E-state index in [1.165, 1.54) is 11.4 Å². The van der Waals surface area contributed by atoms with Crippen LogP contribution in [0.25, 0.3) is 0 Å². The van der Waals surface area contributed by atoms with Gasteiger partial charge >= 0.3 is 0 Å². The van der Waals surface area contributed by atoms with Gasteiger partial charge in [0, 0.05) is 20.1 Å². The first-order valence-electron chi connectivity index (χ1n) is 5.32. The van der Waals surface area contributed by atoms with E-state index < -0.39 is 10.0 Å². The summed E-state index contributed by atoms with van der Waals surface area (Å²) in [4.78, 5) is 0.163. The average Bonchev–Trinajstić information content (AvgIpc) is 2.30. The fraction of sp³-hybridized carbons (Fsp3) is 0.455. The Labute approximate surface area is 108 Å². The lowest BCUT2D eigenvalue weighted by atomic mass is 10.2. The number of hydrogen-bond donors (Lipinski definition) is 1. The van der Waals surface area contributed by atoms with Gasteiger partial charge in [-0.3, -0.25) is 0 Å². The van der Waals surface area contributed by atoms with Crippen LogP contribution in [0.4, 0.5) is 0 Å². The minimum Gasteiger partial charge on any atom is -0.316 e. The molecular weight excluding hydrogens is 260 g/mol. The number of halogens is 1. The van der Waals surface area contributed by atoms with Crippen molar-refractivity contribution in [1.29, 1.82) is 0 Å². The third kappa shape index (κ3) is 3.19. The van der Waals surface area contributed by atoms with E-state index >= 15 is 0 Å². The molecule has 0 spiro atoms. The zero-order valence-electron chi connectivity index (χ0n) is 10.2. The summed E-state index contributed by atoms with van der Waals surface area (Å²) >= 11 is 5.96. The molecule has 0 aliphatic carbocycles. The molecule has 0 aromatic heterocycles. The van der Waals surface area contributed by atoms with Crippen LogP contribution in [0.1, 0.15) is 12.5 Å². The van der Waals surface area contributed by atoms with E-state index in [0.29, 0.717) is 13.1 Å². The van der Waals surface area contributed by atoms with E-state index in [1.807, 2.05) is 6.07 Å². The second kappa shape index (κ2) is 5.82. The summed E-state index contributed by atoms with van der Waals surface area (Å²) in [5, 5.41) is 3.23. The van der Waals surface area contributed by atoms with Crippen molar-refractivity contribution in [3.05, 3.63) is 28.8 Å². The molecule has 0 fully saturated rings. The first-order valence-corrected chi connectivity index (χ1v) is 7.14. The summed E-state index contributed by atoms with van der Waals surface area (Å²) in [6, 6.07) is 5.04. The number of sulfonamides is 1. The van der Waals surface area contributed by atoms with Gasteiger partial charge < -0.3 is 5.32 Å². The van der Waals surface area contributed by atoms with Crippen molar-refractivity contribution in [3.8, 4) is 0 Å². The summed E-state index contributed by atoms with van der Waals surface area (Å²) in [6.45, 7) is 2.80. The lowest BCUT2D eigenvalue weighted by Crippen LogP contribution is -2.27. The smallest absolute Gasteiger partial charge is 0.244 e. The lowest BCUT2D eigenvalue weighted by Gasteiger charge is -2.16. The van der Waals surface area contributed by atoms with E-state index in [4.69, 9.17) is 11.6 Å². The van der Waals surface area contributed by atoms with Crippen LogP contribution >= 0.6 is 11.6 Å². The molecule has 0 bridgehead atoms. The van der Waals surface area contributed by atoms with Gasteiger partial charge in [0.1, 0.15) is 4.90 Å². The number of nitrogens with zero attached hydrogens (tertiary/aromatic N) is 1. The van der Waals surface area contributed by atoms with Crippen molar-refractivity contribution in [1.82, 2.24) is 9.62 Å². The Morgan fingerprint density at radius 1 is 1.41 bits per heavy atom. The minimum absolute atomic E-state index is 0.163. The molecular formula is C11H17ClN2O2S. The average molecular weight is 277 g/mol. The first kappa shape index (κ1) is 14.4. The molecule has 0 saturated carbocycles. The van der Waals surface area contributed by atoms with Gasteiger partial charge in [0.05, 0.1) is 5.02 Å². The van der Waals surface area contributed by atoms with Gasteiger partial charge in [0.15, 0.2) is 0 Å². The third-order valence-corrected chi connectivity index (χ3v) is 4.92. The molecule has 0 saturated heterocycles. The number of rotatable bonds is 5. The highest BCUT2D eigenvalue weighted by atomic mass is 35.5. The second-order valence-corrected chi connectivity index (χ2v) is 6.13. The molecule has 1 aromatic rings. The van der Waals surface area contributed by atoms with Crippen LogP contribution in [-0.4, -0.2) is 33.4 Å². The molecule has 1 rings (SSSR count). The van der Waals surface area contributed by atoms with Gasteiger partial charge in [0.25, 0.3) is 0 Å². The van der Waals surface area contributed by atoms with Crippen LogP contribution in [0, 0.1) is 0 Å². The standard InChI is InChI=1S/C11H17ClN2O2S/c1-4-14(3)17(15,16)11-7-9(8-13-2)5-6-10(11)12/h5-7,13H,4,8H2,1-3H3. The fourth-order valence-corrected chi connectivity index (χ4v) is 3.10. The second-order valence-electron chi connectivity index (χ2n) is 3.71. The van der Waals surface area contributed by atoms with E-state index in [2.05, 4.69) is 5.32 Å². The summed E-state index contributed by atoms with van der Waals surface area (Å²) in [6.07, 6.45) is 0. The maximum absolute atomic E-state index is 12.2. The Kier molecular flexibility index (Phi) is 4.94. The summed E-state index contributed by atoms with van der Waals surface area (Å²) in [7, 11) is -0.142. The topological polar surface area (TPSA) is 49.4 Å². The summed E-state index contributed by atoms with van der Waals surface area (Å²) < 4.78 is 25.6. The zero-order valence-corrected chi connectivity index (χ0v) is 11.8. The van der Waals surface area contributed by atoms with Crippen molar-refractivity contribution in [2.45, 2.75) is 18.4 Å². The van der Waals surface area contributed by atoms with Gasteiger partial charge in [0.2, 0.25) is 10.0 Å². The van der Waals surface area contributed by atoms with Crippen molar-refractivity contribution in [3.63, 3.8) is 0 Å². The Balaban J connectivity index is 3.25. The number of benzene rings is 1. The Bertz CT molecular complexity index is 488. The molecule has 96 valence electrons. The van der Waals surface area contributed by atoms with E-state index in [-0.39, 0.29) is 9.92 Å². The molecule has 1 N–H and O–H groups in total. The third-order valence-electron chi connectivity index (χ3n) is 2.51. The molecule has 0 aliphatic heterocycles. The Morgan fingerprint density at radius 3 is 2.59 bits per heavy atom. The maximum atomic E-state index is 12.2. The van der Waals surface area contributed by atoms with E-state index in [1.54, 1.807) is 26.1 Å². The van der Waals surface area contributed by atoms with Gasteiger partial charge in [-0.2, -0.15) is 0 Å². The van der Waals surface area contributed by atoms with Crippen molar-refractivity contribution in [2.75, 3.05) is 20.6 Å². The predicted octanol–water partition coefficient (Wildman–Crippen LogP) is 1.70. The van der Waals surface area contributed by atoms with Gasteiger partial charge in [-0.25, -0.2) is 12.7 Å². The SMILES string of the molecule is CCN(C)S(=O)(=O)c1cc(CNC)ccc1Cl. The zero-order chi connectivity index (χ0) is 13.1. The van der Waals surface area contributed by atoms with E-state index in [9.17, 15) is 8.42 Å². The highest BCUT2D eigenvalue weighted by Gasteiger charge is 2.22. The molecule has 4 nitrogen and oxygen atoms in total. The van der Waals surface area contributed by atoms with Crippen molar-refractivity contribution in [2.24, 2.45) is 0 Å². The predicted molar refractivity (Wildman–Crippen MR) is 69.7 cm³/mol. The van der Waals surface area contributed by atoms with Crippen LogP contribution in [0.5, 0.6) is 0 Å². The molecule has 0 radical (unpaired) electrons.